The van der Waals surface area contributed by atoms with Crippen LogP contribution in [0.4, 0.5) is 4.39 Å². The van der Waals surface area contributed by atoms with Crippen molar-refractivity contribution in [3.8, 4) is 5.88 Å². The van der Waals surface area contributed by atoms with Crippen LogP contribution in [0.2, 0.25) is 0 Å². The van der Waals surface area contributed by atoms with Gasteiger partial charge in [0.1, 0.15) is 5.82 Å². The Hall–Kier alpha value is -0.970. The van der Waals surface area contributed by atoms with Gasteiger partial charge in [-0.2, -0.15) is 0 Å². The molecule has 1 unspecified atom stereocenters. The number of ether oxygens (including phenoxy) is 1. The summed E-state index contributed by atoms with van der Waals surface area (Å²) in [5, 5.41) is 0. The molecule has 0 spiro atoms. The Balaban J connectivity index is 2.15. The number of aryl methyl sites for hydroxylation is 1. The number of carbonyl (C=O) groups is 1. The van der Waals surface area contributed by atoms with E-state index in [1.165, 1.54) is 12.1 Å². The molecule has 152 valence electrons. The first-order chi connectivity index (χ1) is 13.5. The van der Waals surface area contributed by atoms with E-state index in [1.807, 2.05) is 43.1 Å². The maximum absolute atomic E-state index is 13.1. The molecular weight excluding hydrogens is 585 g/mol. The number of benzene rings is 1. The number of hydrogen-bond donors (Lipinski definition) is 0. The minimum Gasteiger partial charge on any atom is -0.477 e. The van der Waals surface area contributed by atoms with Crippen LogP contribution in [-0.4, -0.2) is 44.3 Å². The molecule has 0 aliphatic heterocycles. The zero-order valence-corrected chi connectivity index (χ0v) is 20.4. The van der Waals surface area contributed by atoms with Gasteiger partial charge in [0.25, 0.3) is 5.91 Å². The molecule has 0 fully saturated rings. The summed E-state index contributed by atoms with van der Waals surface area (Å²) in [6.07, 6.45) is 2.96. The van der Waals surface area contributed by atoms with Crippen molar-refractivity contribution in [2.75, 3.05) is 22.5 Å². The first-order valence-corrected chi connectivity index (χ1v) is 12.2. The predicted octanol–water partition coefficient (Wildman–Crippen LogP) is 5.32. The Labute approximate surface area is 193 Å². The van der Waals surface area contributed by atoms with Crippen molar-refractivity contribution in [2.45, 2.75) is 25.8 Å². The van der Waals surface area contributed by atoms with E-state index in [1.54, 1.807) is 0 Å². The van der Waals surface area contributed by atoms with Crippen molar-refractivity contribution in [3.05, 3.63) is 59.5 Å². The predicted molar refractivity (Wildman–Crippen MR) is 127 cm³/mol. The van der Waals surface area contributed by atoms with Gasteiger partial charge in [-0.3, -0.25) is 4.79 Å². The highest BCUT2D eigenvalue weighted by Gasteiger charge is 2.29. The Kier molecular flexibility index (Phi) is 9.90. The van der Waals surface area contributed by atoms with Crippen LogP contribution in [0.15, 0.2) is 42.6 Å². The molecule has 0 aliphatic carbocycles. The Morgan fingerprint density at radius 1 is 1.21 bits per heavy atom. The number of alkyl halides is 2. The normalized spacial score (nSPS) is 13.0. The van der Waals surface area contributed by atoms with Crippen molar-refractivity contribution in [1.29, 1.82) is 0 Å². The molecule has 2 rings (SSSR count). The van der Waals surface area contributed by atoms with E-state index in [0.717, 1.165) is 33.5 Å². The first kappa shape index (κ1) is 23.3. The van der Waals surface area contributed by atoms with Crippen LogP contribution in [-0.2, 0) is 0 Å². The third-order valence-electron chi connectivity index (χ3n) is 4.66. The minimum absolute atomic E-state index is 0.0249. The molecule has 0 saturated heterocycles. The average Bonchev–Trinajstić information content (AvgIpc) is 2.69. The van der Waals surface area contributed by atoms with E-state index in [4.69, 9.17) is 4.74 Å². The third kappa shape index (κ3) is 6.82. The molecule has 7 heteroatoms. The highest BCUT2D eigenvalue weighted by Crippen LogP contribution is 2.23. The minimum atomic E-state index is -0.387. The number of amides is 1. The Morgan fingerprint density at radius 3 is 2.57 bits per heavy atom. The quantitative estimate of drug-likeness (QED) is 0.271. The largest absolute Gasteiger partial charge is 0.477 e. The van der Waals surface area contributed by atoms with Crippen LogP contribution >= 0.6 is 45.2 Å². The molecule has 1 amide bonds. The fraction of sp³-hybridized carbons (Fsp3) is 0.429. The Bertz CT molecular complexity index is 758. The monoisotopic (exact) mass is 610 g/mol. The zero-order valence-electron chi connectivity index (χ0n) is 16.1. The van der Waals surface area contributed by atoms with Crippen LogP contribution in [0.1, 0.15) is 28.8 Å². The Morgan fingerprint density at radius 2 is 1.96 bits per heavy atom. The molecule has 2 aromatic rings. The summed E-state index contributed by atoms with van der Waals surface area (Å²) >= 11 is 4.70. The second-order valence-corrected chi connectivity index (χ2v) is 8.85. The lowest BCUT2D eigenvalue weighted by Gasteiger charge is -2.34. The molecule has 0 bridgehead atoms. The highest BCUT2D eigenvalue weighted by molar-refractivity contribution is 14.1. The van der Waals surface area contributed by atoms with Crippen molar-refractivity contribution in [1.82, 2.24) is 9.88 Å². The van der Waals surface area contributed by atoms with Gasteiger partial charge in [-0.25, -0.2) is 9.37 Å². The number of pyridine rings is 1. The van der Waals surface area contributed by atoms with Crippen molar-refractivity contribution < 1.29 is 13.9 Å². The van der Waals surface area contributed by atoms with Gasteiger partial charge in [-0.05, 0) is 42.4 Å². The summed E-state index contributed by atoms with van der Waals surface area (Å²) in [5.74, 6) is 0.206. The highest BCUT2D eigenvalue weighted by atomic mass is 127. The van der Waals surface area contributed by atoms with Crippen LogP contribution in [0.3, 0.4) is 0 Å². The lowest BCUT2D eigenvalue weighted by molar-refractivity contribution is 0.0616. The summed E-state index contributed by atoms with van der Waals surface area (Å²) in [5.41, 5.74) is 1.77. The topological polar surface area (TPSA) is 42.4 Å². The van der Waals surface area contributed by atoms with E-state index in [0.29, 0.717) is 18.1 Å². The van der Waals surface area contributed by atoms with Gasteiger partial charge in [0.15, 0.2) is 0 Å². The van der Waals surface area contributed by atoms with Crippen LogP contribution < -0.4 is 4.74 Å². The van der Waals surface area contributed by atoms with Gasteiger partial charge in [0.2, 0.25) is 5.88 Å². The SMILES string of the molecule is Cc1cccc(C(=O)N(C)C(CCI)[C@H](CCI)COc2ccc(F)cn2)c1. The summed E-state index contributed by atoms with van der Waals surface area (Å²) in [7, 11) is 1.87. The standard InChI is InChI=1S/C21H25FI2N2O2/c1-15-4-3-5-16(12-15)21(27)26(2)19(9-11-24)17(8-10-23)14-28-20-7-6-18(22)13-25-20/h3-7,12-13,17,19H,8-11,14H2,1-2H3/t17-,19?/m1/s1. The number of carbonyl (C=O) groups excluding carboxylic acids is 1. The van der Waals surface area contributed by atoms with E-state index in [9.17, 15) is 9.18 Å². The van der Waals surface area contributed by atoms with E-state index >= 15 is 0 Å². The summed E-state index contributed by atoms with van der Waals surface area (Å²) in [6.45, 7) is 2.43. The zero-order chi connectivity index (χ0) is 20.5. The second kappa shape index (κ2) is 11.9. The lowest BCUT2D eigenvalue weighted by atomic mass is 9.93. The molecule has 0 N–H and O–H groups in total. The molecule has 4 nitrogen and oxygen atoms in total. The molecule has 0 saturated carbocycles. The first-order valence-electron chi connectivity index (χ1n) is 9.16. The molecule has 0 aliphatic rings. The number of hydrogen-bond acceptors (Lipinski definition) is 3. The number of aromatic nitrogens is 1. The molecular formula is C21H25FI2N2O2. The van der Waals surface area contributed by atoms with E-state index in [2.05, 4.69) is 50.2 Å². The number of rotatable bonds is 10. The van der Waals surface area contributed by atoms with Crippen molar-refractivity contribution in [2.24, 2.45) is 5.92 Å². The third-order valence-corrected chi connectivity index (χ3v) is 5.90. The van der Waals surface area contributed by atoms with Gasteiger partial charge in [0, 0.05) is 35.1 Å². The van der Waals surface area contributed by atoms with Gasteiger partial charge in [-0.1, -0.05) is 62.9 Å². The van der Waals surface area contributed by atoms with Crippen molar-refractivity contribution in [3.63, 3.8) is 0 Å². The molecule has 1 heterocycles. The van der Waals surface area contributed by atoms with E-state index < -0.39 is 0 Å². The molecule has 1 aromatic heterocycles. The van der Waals surface area contributed by atoms with E-state index in [-0.39, 0.29) is 23.7 Å². The summed E-state index contributed by atoms with van der Waals surface area (Å²) in [4.78, 5) is 18.9. The van der Waals surface area contributed by atoms with Crippen LogP contribution in [0, 0.1) is 18.7 Å². The summed E-state index contributed by atoms with van der Waals surface area (Å²) in [6, 6.07) is 10.6. The van der Waals surface area contributed by atoms with Gasteiger partial charge < -0.3 is 9.64 Å². The maximum atomic E-state index is 13.1. The van der Waals surface area contributed by atoms with Gasteiger partial charge >= 0.3 is 0 Å². The molecule has 28 heavy (non-hydrogen) atoms. The maximum Gasteiger partial charge on any atom is 0.253 e. The average molecular weight is 610 g/mol. The fourth-order valence-corrected chi connectivity index (χ4v) is 4.59. The molecule has 1 aromatic carbocycles. The lowest BCUT2D eigenvalue weighted by Crippen LogP contribution is -2.44. The van der Waals surface area contributed by atoms with Crippen molar-refractivity contribution >= 4 is 51.1 Å². The van der Waals surface area contributed by atoms with Crippen LogP contribution in [0.5, 0.6) is 5.88 Å². The van der Waals surface area contributed by atoms with Gasteiger partial charge in [0.05, 0.1) is 12.8 Å². The van der Waals surface area contributed by atoms with Crippen LogP contribution in [0.25, 0.3) is 0 Å². The molecule has 2 atom stereocenters. The second-order valence-electron chi connectivity index (χ2n) is 6.69. The molecule has 0 radical (unpaired) electrons. The smallest absolute Gasteiger partial charge is 0.253 e. The summed E-state index contributed by atoms with van der Waals surface area (Å²) < 4.78 is 20.8. The fourth-order valence-electron chi connectivity index (χ4n) is 3.16. The number of halogens is 3. The van der Waals surface area contributed by atoms with Gasteiger partial charge in [-0.15, -0.1) is 0 Å². The number of nitrogens with zero attached hydrogens (tertiary/aromatic N) is 2.